The van der Waals surface area contributed by atoms with E-state index in [0.717, 1.165) is 16.3 Å². The molecule has 0 atom stereocenters. The molecular formula is C22H20N4O3. The maximum atomic E-state index is 5.40. The highest BCUT2D eigenvalue weighted by Gasteiger charge is 2.14. The van der Waals surface area contributed by atoms with Crippen molar-refractivity contribution >= 4 is 22.4 Å². The molecule has 0 aliphatic rings. The molecule has 0 spiro atoms. The zero-order valence-electron chi connectivity index (χ0n) is 16.3. The van der Waals surface area contributed by atoms with Crippen LogP contribution in [0.3, 0.4) is 0 Å². The van der Waals surface area contributed by atoms with E-state index in [0.29, 0.717) is 34.7 Å². The third-order valence-electron chi connectivity index (χ3n) is 4.52. The number of benzene rings is 3. The second-order valence-corrected chi connectivity index (χ2v) is 6.20. The number of nitrogens with zero attached hydrogens (tertiary/aromatic N) is 3. The molecule has 0 fully saturated rings. The smallest absolute Gasteiger partial charge is 0.230 e. The van der Waals surface area contributed by atoms with Crippen LogP contribution in [0.15, 0.2) is 60.9 Å². The molecule has 0 saturated heterocycles. The van der Waals surface area contributed by atoms with Crippen molar-refractivity contribution in [3.8, 4) is 28.6 Å². The van der Waals surface area contributed by atoms with Crippen molar-refractivity contribution in [2.24, 2.45) is 0 Å². The quantitative estimate of drug-likeness (QED) is 0.522. The number of nitrogens with one attached hydrogen (secondary N) is 1. The van der Waals surface area contributed by atoms with Gasteiger partial charge in [-0.2, -0.15) is 4.98 Å². The lowest BCUT2D eigenvalue weighted by atomic mass is 10.0. The molecule has 3 aromatic carbocycles. The van der Waals surface area contributed by atoms with E-state index in [1.807, 2.05) is 24.3 Å². The SMILES string of the molecule is COc1cc(Nc2ncnc(-c3cccc4ccccc34)n2)cc(OC)c1OC. The molecule has 0 unspecified atom stereocenters. The summed E-state index contributed by atoms with van der Waals surface area (Å²) in [5.41, 5.74) is 1.65. The highest BCUT2D eigenvalue weighted by atomic mass is 16.5. The van der Waals surface area contributed by atoms with E-state index in [4.69, 9.17) is 14.2 Å². The van der Waals surface area contributed by atoms with Gasteiger partial charge in [-0.25, -0.2) is 9.97 Å². The number of hydrogen-bond donors (Lipinski definition) is 1. The van der Waals surface area contributed by atoms with Gasteiger partial charge < -0.3 is 19.5 Å². The van der Waals surface area contributed by atoms with E-state index in [1.54, 1.807) is 33.5 Å². The first-order valence-electron chi connectivity index (χ1n) is 8.97. The van der Waals surface area contributed by atoms with Crippen LogP contribution in [-0.4, -0.2) is 36.3 Å². The van der Waals surface area contributed by atoms with Gasteiger partial charge in [-0.15, -0.1) is 0 Å². The van der Waals surface area contributed by atoms with Gasteiger partial charge in [-0.05, 0) is 10.8 Å². The number of aromatic nitrogens is 3. The second kappa shape index (κ2) is 8.02. The number of rotatable bonds is 6. The first-order chi connectivity index (χ1) is 14.2. The van der Waals surface area contributed by atoms with Crippen LogP contribution in [0.4, 0.5) is 11.6 Å². The Balaban J connectivity index is 1.72. The second-order valence-electron chi connectivity index (χ2n) is 6.20. The van der Waals surface area contributed by atoms with Crippen molar-refractivity contribution in [1.82, 2.24) is 15.0 Å². The van der Waals surface area contributed by atoms with Crippen molar-refractivity contribution in [2.75, 3.05) is 26.6 Å². The van der Waals surface area contributed by atoms with E-state index in [2.05, 4.69) is 38.5 Å². The molecule has 0 aliphatic heterocycles. The minimum Gasteiger partial charge on any atom is -0.493 e. The third-order valence-corrected chi connectivity index (χ3v) is 4.52. The summed E-state index contributed by atoms with van der Waals surface area (Å²) < 4.78 is 16.2. The Kier molecular flexibility index (Phi) is 5.11. The van der Waals surface area contributed by atoms with Crippen LogP contribution >= 0.6 is 0 Å². The van der Waals surface area contributed by atoms with Crippen LogP contribution < -0.4 is 19.5 Å². The van der Waals surface area contributed by atoms with Gasteiger partial charge in [-0.3, -0.25) is 0 Å². The normalized spacial score (nSPS) is 10.6. The van der Waals surface area contributed by atoms with Gasteiger partial charge in [0, 0.05) is 23.4 Å². The number of methoxy groups -OCH3 is 3. The molecule has 7 nitrogen and oxygen atoms in total. The summed E-state index contributed by atoms with van der Waals surface area (Å²) in [6.45, 7) is 0. The highest BCUT2D eigenvalue weighted by molar-refractivity contribution is 5.95. The van der Waals surface area contributed by atoms with Crippen LogP contribution in [0.1, 0.15) is 0 Å². The van der Waals surface area contributed by atoms with Crippen molar-refractivity contribution in [3.63, 3.8) is 0 Å². The Morgan fingerprint density at radius 2 is 1.52 bits per heavy atom. The minimum absolute atomic E-state index is 0.414. The molecule has 0 amide bonds. The highest BCUT2D eigenvalue weighted by Crippen LogP contribution is 2.40. The Morgan fingerprint density at radius 3 is 2.24 bits per heavy atom. The minimum atomic E-state index is 0.414. The summed E-state index contributed by atoms with van der Waals surface area (Å²) in [6, 6.07) is 17.8. The van der Waals surface area contributed by atoms with Gasteiger partial charge in [-0.1, -0.05) is 42.5 Å². The van der Waals surface area contributed by atoms with Gasteiger partial charge in [0.05, 0.1) is 21.3 Å². The van der Waals surface area contributed by atoms with E-state index < -0.39 is 0 Å². The van der Waals surface area contributed by atoms with Gasteiger partial charge in [0.1, 0.15) is 6.33 Å². The summed E-state index contributed by atoms with van der Waals surface area (Å²) >= 11 is 0. The average molecular weight is 388 g/mol. The molecule has 7 heteroatoms. The molecule has 146 valence electrons. The molecule has 0 bridgehead atoms. The first-order valence-corrected chi connectivity index (χ1v) is 8.97. The summed E-state index contributed by atoms with van der Waals surface area (Å²) in [7, 11) is 4.71. The molecule has 1 N–H and O–H groups in total. The monoisotopic (exact) mass is 388 g/mol. The predicted octanol–water partition coefficient (Wildman–Crippen LogP) is 4.46. The Hall–Kier alpha value is -3.87. The van der Waals surface area contributed by atoms with E-state index in [-0.39, 0.29) is 0 Å². The zero-order chi connectivity index (χ0) is 20.2. The maximum absolute atomic E-state index is 5.40. The lowest BCUT2D eigenvalue weighted by Gasteiger charge is -2.14. The molecule has 0 radical (unpaired) electrons. The Morgan fingerprint density at radius 1 is 0.793 bits per heavy atom. The van der Waals surface area contributed by atoms with Crippen LogP contribution in [-0.2, 0) is 0 Å². The Labute approximate surface area is 168 Å². The average Bonchev–Trinajstić information content (AvgIpc) is 2.78. The van der Waals surface area contributed by atoms with Crippen molar-refractivity contribution in [1.29, 1.82) is 0 Å². The zero-order valence-corrected chi connectivity index (χ0v) is 16.3. The number of ether oxygens (including phenoxy) is 3. The van der Waals surface area contributed by atoms with Crippen molar-refractivity contribution < 1.29 is 14.2 Å². The molecule has 1 heterocycles. The van der Waals surface area contributed by atoms with Gasteiger partial charge in [0.2, 0.25) is 11.7 Å². The van der Waals surface area contributed by atoms with Gasteiger partial charge in [0.25, 0.3) is 0 Å². The lowest BCUT2D eigenvalue weighted by Crippen LogP contribution is -2.02. The summed E-state index contributed by atoms with van der Waals surface area (Å²) in [5, 5.41) is 5.40. The van der Waals surface area contributed by atoms with E-state index >= 15 is 0 Å². The fraction of sp³-hybridized carbons (Fsp3) is 0.136. The van der Waals surface area contributed by atoms with Crippen LogP contribution in [0, 0.1) is 0 Å². The predicted molar refractivity (Wildman–Crippen MR) is 112 cm³/mol. The van der Waals surface area contributed by atoms with E-state index in [9.17, 15) is 0 Å². The molecule has 1 aromatic heterocycles. The van der Waals surface area contributed by atoms with Crippen molar-refractivity contribution in [3.05, 3.63) is 60.9 Å². The largest absolute Gasteiger partial charge is 0.493 e. The standard InChI is InChI=1S/C22H20N4O3/c1-27-18-11-15(12-19(28-2)20(18)29-3)25-22-24-13-23-21(26-22)17-10-6-8-14-7-4-5-9-16(14)17/h4-13H,1-3H3,(H,23,24,25,26). The summed E-state index contributed by atoms with van der Waals surface area (Å²) in [4.78, 5) is 13.2. The number of hydrogen-bond acceptors (Lipinski definition) is 7. The maximum Gasteiger partial charge on any atom is 0.230 e. The van der Waals surface area contributed by atoms with Gasteiger partial charge >= 0.3 is 0 Å². The fourth-order valence-corrected chi connectivity index (χ4v) is 3.19. The molecule has 0 aliphatic carbocycles. The van der Waals surface area contributed by atoms with Crippen molar-refractivity contribution in [2.45, 2.75) is 0 Å². The fourth-order valence-electron chi connectivity index (χ4n) is 3.19. The number of anilines is 2. The molecule has 4 aromatic rings. The molecule has 4 rings (SSSR count). The van der Waals surface area contributed by atoms with Gasteiger partial charge in [0.15, 0.2) is 17.3 Å². The topological polar surface area (TPSA) is 78.4 Å². The summed E-state index contributed by atoms with van der Waals surface area (Å²) in [5.74, 6) is 2.60. The first kappa shape index (κ1) is 18.5. The van der Waals surface area contributed by atoms with E-state index in [1.165, 1.54) is 6.33 Å². The molecule has 0 saturated carbocycles. The van der Waals surface area contributed by atoms with Crippen LogP contribution in [0.25, 0.3) is 22.2 Å². The molecule has 29 heavy (non-hydrogen) atoms. The summed E-state index contributed by atoms with van der Waals surface area (Å²) in [6.07, 6.45) is 1.49. The van der Waals surface area contributed by atoms with Crippen LogP contribution in [0.5, 0.6) is 17.2 Å². The third kappa shape index (κ3) is 3.62. The van der Waals surface area contributed by atoms with Crippen LogP contribution in [0.2, 0.25) is 0 Å². The lowest BCUT2D eigenvalue weighted by molar-refractivity contribution is 0.324. The Bertz CT molecular complexity index is 1130. The molecular weight excluding hydrogens is 368 g/mol. The number of fused-ring (bicyclic) bond motifs is 1.